The van der Waals surface area contributed by atoms with E-state index in [1.165, 1.54) is 12.5 Å². The molecule has 1 atom stereocenters. The standard InChI is InChI=1S/C15H19BrFN3O/c16-11-1-2-13(12(17)7-11)19-14(21)8-20-6-4-15(10-20)3-5-18-9-15/h1-2,7,18H,3-6,8-10H2,(H,19,21). The predicted molar refractivity (Wildman–Crippen MR) is 83.7 cm³/mol. The van der Waals surface area contributed by atoms with Gasteiger partial charge in [-0.25, -0.2) is 4.39 Å². The lowest BCUT2D eigenvalue weighted by Crippen LogP contribution is -2.34. The van der Waals surface area contributed by atoms with Crippen molar-refractivity contribution in [2.45, 2.75) is 12.8 Å². The minimum Gasteiger partial charge on any atom is -0.322 e. The molecular formula is C15H19BrFN3O. The second kappa shape index (κ2) is 6.02. The normalized spacial score (nSPS) is 25.6. The lowest BCUT2D eigenvalue weighted by atomic mass is 9.87. The lowest BCUT2D eigenvalue weighted by Gasteiger charge is -2.22. The number of carbonyl (C=O) groups is 1. The first-order chi connectivity index (χ1) is 10.1. The van der Waals surface area contributed by atoms with Crippen LogP contribution in [0.4, 0.5) is 10.1 Å². The minimum atomic E-state index is -0.421. The van der Waals surface area contributed by atoms with Crippen molar-refractivity contribution in [2.24, 2.45) is 5.41 Å². The van der Waals surface area contributed by atoms with Gasteiger partial charge in [-0.3, -0.25) is 9.69 Å². The summed E-state index contributed by atoms with van der Waals surface area (Å²) in [5.41, 5.74) is 0.586. The Bertz CT molecular complexity index is 546. The molecule has 3 rings (SSSR count). The molecule has 1 unspecified atom stereocenters. The molecule has 114 valence electrons. The maximum absolute atomic E-state index is 13.7. The van der Waals surface area contributed by atoms with Crippen molar-refractivity contribution in [1.29, 1.82) is 0 Å². The van der Waals surface area contributed by atoms with Crippen LogP contribution >= 0.6 is 15.9 Å². The fraction of sp³-hybridized carbons (Fsp3) is 0.533. The first-order valence-electron chi connectivity index (χ1n) is 7.24. The molecule has 21 heavy (non-hydrogen) atoms. The summed E-state index contributed by atoms with van der Waals surface area (Å²) in [6, 6.07) is 4.64. The van der Waals surface area contributed by atoms with Gasteiger partial charge in [0.05, 0.1) is 12.2 Å². The molecule has 2 aliphatic rings. The molecule has 2 saturated heterocycles. The molecule has 2 aliphatic heterocycles. The monoisotopic (exact) mass is 355 g/mol. The number of carbonyl (C=O) groups excluding carboxylic acids is 1. The minimum absolute atomic E-state index is 0.153. The number of nitrogens with one attached hydrogen (secondary N) is 2. The number of likely N-dealkylation sites (tertiary alicyclic amines) is 1. The Morgan fingerprint density at radius 3 is 3.05 bits per heavy atom. The van der Waals surface area contributed by atoms with Crippen molar-refractivity contribution in [3.8, 4) is 0 Å². The number of hydrogen-bond acceptors (Lipinski definition) is 3. The van der Waals surface area contributed by atoms with E-state index in [0.717, 1.165) is 32.6 Å². The maximum atomic E-state index is 13.7. The summed E-state index contributed by atoms with van der Waals surface area (Å²) in [6.45, 7) is 4.35. The fourth-order valence-electron chi connectivity index (χ4n) is 3.29. The Kier molecular flexibility index (Phi) is 4.28. The van der Waals surface area contributed by atoms with Crippen molar-refractivity contribution in [2.75, 3.05) is 38.0 Å². The van der Waals surface area contributed by atoms with Gasteiger partial charge in [0.2, 0.25) is 5.91 Å². The summed E-state index contributed by atoms with van der Waals surface area (Å²) in [4.78, 5) is 14.2. The van der Waals surface area contributed by atoms with Gasteiger partial charge in [-0.2, -0.15) is 0 Å². The highest BCUT2D eigenvalue weighted by atomic mass is 79.9. The van der Waals surface area contributed by atoms with Gasteiger partial charge < -0.3 is 10.6 Å². The predicted octanol–water partition coefficient (Wildman–Crippen LogP) is 2.21. The van der Waals surface area contributed by atoms with Crippen LogP contribution in [0.25, 0.3) is 0 Å². The van der Waals surface area contributed by atoms with Crippen LogP contribution in [0.5, 0.6) is 0 Å². The van der Waals surface area contributed by atoms with Gasteiger partial charge in [-0.05, 0) is 49.5 Å². The first-order valence-corrected chi connectivity index (χ1v) is 8.04. The van der Waals surface area contributed by atoms with Crippen LogP contribution < -0.4 is 10.6 Å². The van der Waals surface area contributed by atoms with E-state index in [4.69, 9.17) is 0 Å². The van der Waals surface area contributed by atoms with Crippen LogP contribution in [0.1, 0.15) is 12.8 Å². The quantitative estimate of drug-likeness (QED) is 0.873. The zero-order chi connectivity index (χ0) is 14.9. The van der Waals surface area contributed by atoms with Gasteiger partial charge >= 0.3 is 0 Å². The number of anilines is 1. The number of rotatable bonds is 3. The van der Waals surface area contributed by atoms with Crippen LogP contribution in [0.3, 0.4) is 0 Å². The molecule has 0 bridgehead atoms. The molecule has 0 aromatic heterocycles. The Morgan fingerprint density at radius 2 is 2.33 bits per heavy atom. The van der Waals surface area contributed by atoms with E-state index in [1.807, 2.05) is 0 Å². The van der Waals surface area contributed by atoms with Crippen molar-refractivity contribution in [3.63, 3.8) is 0 Å². The highest BCUT2D eigenvalue weighted by Gasteiger charge is 2.40. The SMILES string of the molecule is O=C(CN1CCC2(CCNC2)C1)Nc1ccc(Br)cc1F. The average Bonchev–Trinajstić information content (AvgIpc) is 3.04. The summed E-state index contributed by atoms with van der Waals surface area (Å²) in [5, 5.41) is 6.05. The Morgan fingerprint density at radius 1 is 1.48 bits per heavy atom. The van der Waals surface area contributed by atoms with E-state index < -0.39 is 5.82 Å². The lowest BCUT2D eigenvalue weighted by molar-refractivity contribution is -0.117. The van der Waals surface area contributed by atoms with Crippen LogP contribution in [0.15, 0.2) is 22.7 Å². The van der Waals surface area contributed by atoms with Gasteiger partial charge in [0, 0.05) is 17.6 Å². The summed E-state index contributed by atoms with van der Waals surface area (Å²) in [7, 11) is 0. The molecule has 2 N–H and O–H groups in total. The van der Waals surface area contributed by atoms with Gasteiger partial charge in [-0.1, -0.05) is 15.9 Å². The van der Waals surface area contributed by atoms with Gasteiger partial charge in [0.15, 0.2) is 0 Å². The molecule has 1 aromatic carbocycles. The summed E-state index contributed by atoms with van der Waals surface area (Å²) in [5.74, 6) is -0.574. The van der Waals surface area contributed by atoms with E-state index in [1.54, 1.807) is 12.1 Å². The number of hydrogen-bond donors (Lipinski definition) is 2. The molecular weight excluding hydrogens is 337 g/mol. The molecule has 0 aliphatic carbocycles. The maximum Gasteiger partial charge on any atom is 0.238 e. The molecule has 2 heterocycles. The summed E-state index contributed by atoms with van der Waals surface area (Å²) in [6.07, 6.45) is 2.33. The zero-order valence-electron chi connectivity index (χ0n) is 11.8. The molecule has 1 spiro atoms. The van der Waals surface area contributed by atoms with Gasteiger partial charge in [-0.15, -0.1) is 0 Å². The van der Waals surface area contributed by atoms with E-state index in [0.29, 0.717) is 16.4 Å². The average molecular weight is 356 g/mol. The zero-order valence-corrected chi connectivity index (χ0v) is 13.4. The number of halogens is 2. The Balaban J connectivity index is 1.55. The largest absolute Gasteiger partial charge is 0.322 e. The highest BCUT2D eigenvalue weighted by Crippen LogP contribution is 2.35. The number of benzene rings is 1. The third-order valence-electron chi connectivity index (χ3n) is 4.42. The third-order valence-corrected chi connectivity index (χ3v) is 4.92. The molecule has 0 radical (unpaired) electrons. The highest BCUT2D eigenvalue weighted by molar-refractivity contribution is 9.10. The van der Waals surface area contributed by atoms with Crippen molar-refractivity contribution < 1.29 is 9.18 Å². The molecule has 0 saturated carbocycles. The number of nitrogens with zero attached hydrogens (tertiary/aromatic N) is 1. The fourth-order valence-corrected chi connectivity index (χ4v) is 3.62. The molecule has 6 heteroatoms. The second-order valence-electron chi connectivity index (χ2n) is 6.06. The Hall–Kier alpha value is -0.980. The van der Waals surface area contributed by atoms with Gasteiger partial charge in [0.25, 0.3) is 0 Å². The van der Waals surface area contributed by atoms with Crippen molar-refractivity contribution in [1.82, 2.24) is 10.2 Å². The van der Waals surface area contributed by atoms with E-state index in [-0.39, 0.29) is 11.6 Å². The van der Waals surface area contributed by atoms with Crippen LogP contribution in [-0.2, 0) is 4.79 Å². The van der Waals surface area contributed by atoms with Crippen molar-refractivity contribution >= 4 is 27.5 Å². The van der Waals surface area contributed by atoms with E-state index in [2.05, 4.69) is 31.5 Å². The first kappa shape index (κ1) is 14.9. The van der Waals surface area contributed by atoms with Crippen LogP contribution in [0, 0.1) is 11.2 Å². The molecule has 2 fully saturated rings. The number of amides is 1. The molecule has 1 amide bonds. The molecule has 1 aromatic rings. The van der Waals surface area contributed by atoms with Crippen LogP contribution in [-0.4, -0.2) is 43.5 Å². The smallest absolute Gasteiger partial charge is 0.238 e. The van der Waals surface area contributed by atoms with Gasteiger partial charge in [0.1, 0.15) is 5.82 Å². The Labute approximate surface area is 132 Å². The second-order valence-corrected chi connectivity index (χ2v) is 6.98. The van der Waals surface area contributed by atoms with E-state index in [9.17, 15) is 9.18 Å². The third kappa shape index (κ3) is 3.44. The van der Waals surface area contributed by atoms with Crippen LogP contribution in [0.2, 0.25) is 0 Å². The summed E-state index contributed by atoms with van der Waals surface area (Å²) < 4.78 is 14.4. The molecule has 4 nitrogen and oxygen atoms in total. The topological polar surface area (TPSA) is 44.4 Å². The van der Waals surface area contributed by atoms with E-state index >= 15 is 0 Å². The summed E-state index contributed by atoms with van der Waals surface area (Å²) >= 11 is 3.20. The van der Waals surface area contributed by atoms with Crippen molar-refractivity contribution in [3.05, 3.63) is 28.5 Å².